The zero-order chi connectivity index (χ0) is 17.6. The summed E-state index contributed by atoms with van der Waals surface area (Å²) in [6, 6.07) is 12.1. The number of fused-ring (bicyclic) bond motifs is 1. The Labute approximate surface area is 150 Å². The van der Waals surface area contributed by atoms with Gasteiger partial charge in [-0.2, -0.15) is 0 Å². The van der Waals surface area contributed by atoms with Crippen LogP contribution in [0.25, 0.3) is 0 Å². The summed E-state index contributed by atoms with van der Waals surface area (Å²) >= 11 is 0. The maximum Gasteiger partial charge on any atom is 0.165 e. The summed E-state index contributed by atoms with van der Waals surface area (Å²) < 4.78 is 5.32. The number of ether oxygens (including phenoxy) is 1. The standard InChI is InChI=1S/C22H27NO2/c1-3-4-5-6-9-18-11-12-20-21(23-18)14-17(15-22(20)24)16-8-7-10-19(13-16)25-2/h7-8,10-13,17H,3-6,9,14-15H2,1-2H3. The lowest BCUT2D eigenvalue weighted by molar-refractivity contribution is 0.0963. The monoisotopic (exact) mass is 337 g/mol. The van der Waals surface area contributed by atoms with Gasteiger partial charge in [0, 0.05) is 17.7 Å². The second kappa shape index (κ2) is 8.28. The number of Topliss-reactive ketones (excluding diaryl/α,β-unsaturated/α-hetero) is 1. The van der Waals surface area contributed by atoms with Gasteiger partial charge < -0.3 is 4.74 Å². The summed E-state index contributed by atoms with van der Waals surface area (Å²) in [5.74, 6) is 1.24. The Bertz CT molecular complexity index is 739. The molecule has 0 radical (unpaired) electrons. The number of carbonyl (C=O) groups is 1. The number of hydrogen-bond acceptors (Lipinski definition) is 3. The van der Waals surface area contributed by atoms with Gasteiger partial charge >= 0.3 is 0 Å². The fraction of sp³-hybridized carbons (Fsp3) is 0.455. The number of hydrogen-bond donors (Lipinski definition) is 0. The highest BCUT2D eigenvalue weighted by molar-refractivity contribution is 5.98. The van der Waals surface area contributed by atoms with Crippen LogP contribution in [0.15, 0.2) is 36.4 Å². The Morgan fingerprint density at radius 3 is 2.80 bits per heavy atom. The lowest BCUT2D eigenvalue weighted by atomic mass is 9.81. The molecule has 1 aromatic heterocycles. The van der Waals surface area contributed by atoms with Gasteiger partial charge in [0.15, 0.2) is 5.78 Å². The van der Waals surface area contributed by atoms with Crippen LogP contribution >= 0.6 is 0 Å². The number of methoxy groups -OCH3 is 1. The van der Waals surface area contributed by atoms with Crippen molar-refractivity contribution in [3.05, 3.63) is 58.9 Å². The molecule has 3 rings (SSSR count). The van der Waals surface area contributed by atoms with E-state index >= 15 is 0 Å². The van der Waals surface area contributed by atoms with E-state index in [1.165, 1.54) is 25.7 Å². The maximum absolute atomic E-state index is 12.6. The molecule has 1 aliphatic rings. The third-order valence-electron chi connectivity index (χ3n) is 5.06. The number of aryl methyl sites for hydroxylation is 1. The molecule has 25 heavy (non-hydrogen) atoms. The van der Waals surface area contributed by atoms with E-state index in [1.54, 1.807) is 7.11 Å². The molecule has 1 unspecified atom stereocenters. The van der Waals surface area contributed by atoms with Crippen LogP contribution in [0.5, 0.6) is 5.75 Å². The van der Waals surface area contributed by atoms with Crippen molar-refractivity contribution in [2.45, 2.75) is 57.8 Å². The quantitative estimate of drug-likeness (QED) is 0.658. The van der Waals surface area contributed by atoms with Crippen LogP contribution in [0.1, 0.15) is 72.3 Å². The van der Waals surface area contributed by atoms with Gasteiger partial charge in [-0.15, -0.1) is 0 Å². The average Bonchev–Trinajstić information content (AvgIpc) is 2.65. The molecular weight excluding hydrogens is 310 g/mol. The molecule has 0 N–H and O–H groups in total. The summed E-state index contributed by atoms with van der Waals surface area (Å²) in [6.45, 7) is 2.22. The van der Waals surface area contributed by atoms with Gasteiger partial charge in [0.25, 0.3) is 0 Å². The topological polar surface area (TPSA) is 39.2 Å². The summed E-state index contributed by atoms with van der Waals surface area (Å²) in [7, 11) is 1.67. The number of aromatic nitrogens is 1. The molecule has 0 spiro atoms. The first-order valence-electron chi connectivity index (χ1n) is 9.37. The molecule has 1 heterocycles. The molecule has 0 aliphatic heterocycles. The summed E-state index contributed by atoms with van der Waals surface area (Å²) in [4.78, 5) is 17.4. The van der Waals surface area contributed by atoms with Gasteiger partial charge in [0.1, 0.15) is 5.75 Å². The summed E-state index contributed by atoms with van der Waals surface area (Å²) in [6.07, 6.45) is 7.34. The van der Waals surface area contributed by atoms with Crippen molar-refractivity contribution in [2.75, 3.05) is 7.11 Å². The van der Waals surface area contributed by atoms with Crippen molar-refractivity contribution in [3.8, 4) is 5.75 Å². The van der Waals surface area contributed by atoms with Crippen molar-refractivity contribution in [2.24, 2.45) is 0 Å². The van der Waals surface area contributed by atoms with E-state index in [0.29, 0.717) is 6.42 Å². The lowest BCUT2D eigenvalue weighted by Gasteiger charge is -2.24. The second-order valence-electron chi connectivity index (χ2n) is 6.91. The minimum atomic E-state index is 0.193. The summed E-state index contributed by atoms with van der Waals surface area (Å²) in [5, 5.41) is 0. The first-order valence-corrected chi connectivity index (χ1v) is 9.37. The Morgan fingerprint density at radius 1 is 1.12 bits per heavy atom. The van der Waals surface area contributed by atoms with Gasteiger partial charge in [0.2, 0.25) is 0 Å². The van der Waals surface area contributed by atoms with Gasteiger partial charge in [-0.3, -0.25) is 9.78 Å². The molecule has 3 heteroatoms. The van der Waals surface area contributed by atoms with Crippen molar-refractivity contribution in [1.29, 1.82) is 0 Å². The molecular formula is C22H27NO2. The zero-order valence-electron chi connectivity index (χ0n) is 15.3. The zero-order valence-corrected chi connectivity index (χ0v) is 15.3. The smallest absolute Gasteiger partial charge is 0.165 e. The third kappa shape index (κ3) is 4.28. The van der Waals surface area contributed by atoms with Crippen LogP contribution in [0.2, 0.25) is 0 Å². The highest BCUT2D eigenvalue weighted by Crippen LogP contribution is 2.33. The Kier molecular flexibility index (Phi) is 5.85. The molecule has 2 aromatic rings. The first kappa shape index (κ1) is 17.7. The fourth-order valence-electron chi connectivity index (χ4n) is 3.60. The van der Waals surface area contributed by atoms with Gasteiger partial charge in [0.05, 0.1) is 12.8 Å². The highest BCUT2D eigenvalue weighted by atomic mass is 16.5. The number of benzene rings is 1. The van der Waals surface area contributed by atoms with E-state index in [4.69, 9.17) is 9.72 Å². The highest BCUT2D eigenvalue weighted by Gasteiger charge is 2.27. The van der Waals surface area contributed by atoms with Crippen LogP contribution in [-0.4, -0.2) is 17.9 Å². The summed E-state index contributed by atoms with van der Waals surface area (Å²) in [5.41, 5.74) is 4.07. The van der Waals surface area contributed by atoms with Crippen LogP contribution < -0.4 is 4.74 Å². The Morgan fingerprint density at radius 2 is 2.00 bits per heavy atom. The lowest BCUT2D eigenvalue weighted by Crippen LogP contribution is -2.20. The average molecular weight is 337 g/mol. The van der Waals surface area contributed by atoms with E-state index in [9.17, 15) is 4.79 Å². The third-order valence-corrected chi connectivity index (χ3v) is 5.06. The molecule has 3 nitrogen and oxygen atoms in total. The minimum absolute atomic E-state index is 0.193. The second-order valence-corrected chi connectivity index (χ2v) is 6.91. The minimum Gasteiger partial charge on any atom is -0.497 e. The molecule has 0 fully saturated rings. The van der Waals surface area contributed by atoms with Crippen molar-refractivity contribution >= 4 is 5.78 Å². The molecule has 1 atom stereocenters. The van der Waals surface area contributed by atoms with Crippen LogP contribution in [-0.2, 0) is 12.8 Å². The van der Waals surface area contributed by atoms with E-state index < -0.39 is 0 Å². The Balaban J connectivity index is 1.76. The van der Waals surface area contributed by atoms with E-state index in [-0.39, 0.29) is 11.7 Å². The number of unbranched alkanes of at least 4 members (excludes halogenated alkanes) is 3. The first-order chi connectivity index (χ1) is 12.2. The van der Waals surface area contributed by atoms with Gasteiger partial charge in [-0.25, -0.2) is 0 Å². The molecule has 1 aliphatic carbocycles. The van der Waals surface area contributed by atoms with E-state index in [0.717, 1.165) is 41.1 Å². The number of rotatable bonds is 7. The van der Waals surface area contributed by atoms with Gasteiger partial charge in [-0.1, -0.05) is 38.3 Å². The largest absolute Gasteiger partial charge is 0.497 e. The van der Waals surface area contributed by atoms with Crippen molar-refractivity contribution in [1.82, 2.24) is 4.98 Å². The molecule has 1 aromatic carbocycles. The molecule has 0 amide bonds. The molecule has 0 saturated heterocycles. The van der Waals surface area contributed by atoms with Crippen LogP contribution in [0, 0.1) is 0 Å². The van der Waals surface area contributed by atoms with Crippen molar-refractivity contribution in [3.63, 3.8) is 0 Å². The predicted molar refractivity (Wildman–Crippen MR) is 100 cm³/mol. The van der Waals surface area contributed by atoms with Gasteiger partial charge in [-0.05, 0) is 55.0 Å². The normalized spacial score (nSPS) is 16.6. The Hall–Kier alpha value is -2.16. The van der Waals surface area contributed by atoms with Crippen LogP contribution in [0.3, 0.4) is 0 Å². The predicted octanol–water partition coefficient (Wildman–Crippen LogP) is 5.13. The van der Waals surface area contributed by atoms with Crippen LogP contribution in [0.4, 0.5) is 0 Å². The number of pyridine rings is 1. The molecule has 0 bridgehead atoms. The van der Waals surface area contributed by atoms with Crippen molar-refractivity contribution < 1.29 is 9.53 Å². The fourth-order valence-corrected chi connectivity index (χ4v) is 3.60. The number of ketones is 1. The maximum atomic E-state index is 12.6. The molecule has 0 saturated carbocycles. The van der Waals surface area contributed by atoms with E-state index in [1.807, 2.05) is 30.3 Å². The number of carbonyl (C=O) groups excluding carboxylic acids is 1. The van der Waals surface area contributed by atoms with E-state index in [2.05, 4.69) is 13.0 Å². The number of nitrogens with zero attached hydrogens (tertiary/aromatic N) is 1. The molecule has 132 valence electrons. The SMILES string of the molecule is CCCCCCc1ccc2c(n1)CC(c1cccc(OC)c1)CC2=O.